The van der Waals surface area contributed by atoms with Crippen molar-refractivity contribution in [3.63, 3.8) is 0 Å². The highest BCUT2D eigenvalue weighted by atomic mass is 35.5. The number of amides is 2. The smallest absolute Gasteiger partial charge is 0.246 e. The summed E-state index contributed by atoms with van der Waals surface area (Å²) in [5.74, 6) is 0.544. The lowest BCUT2D eigenvalue weighted by Gasteiger charge is -2.52. The normalized spacial score (nSPS) is 20.3. The molecule has 3 heterocycles. The second-order valence-corrected chi connectivity index (χ2v) is 10.2. The number of piperidine rings is 1. The molecule has 0 bridgehead atoms. The monoisotopic (exact) mass is 517 g/mol. The van der Waals surface area contributed by atoms with E-state index in [4.69, 9.17) is 5.10 Å². The number of aromatic nitrogens is 2. The SMILES string of the molecule is CCCCN1C(=O)[C@H](CC(C)C)NC(=O)C12CCN(Cc1c(C)nn(CCC)c1C)CC2.Cl.Cl. The zero-order chi connectivity index (χ0) is 23.5. The number of carbonyl (C=O) groups excluding carboxylic acids is 2. The molecule has 1 spiro atoms. The number of hydrogen-bond donors (Lipinski definition) is 1. The molecular weight excluding hydrogens is 473 g/mol. The summed E-state index contributed by atoms with van der Waals surface area (Å²) in [6.07, 6.45) is 5.13. The van der Waals surface area contributed by atoms with Gasteiger partial charge in [-0.15, -0.1) is 24.8 Å². The van der Waals surface area contributed by atoms with Crippen LogP contribution in [0, 0.1) is 19.8 Å². The molecule has 0 unspecified atom stereocenters. The molecule has 2 amide bonds. The molecule has 0 radical (unpaired) electrons. The quantitative estimate of drug-likeness (QED) is 0.531. The third kappa shape index (κ3) is 6.27. The fraction of sp³-hybridized carbons (Fsp3) is 0.800. The molecule has 0 aliphatic carbocycles. The topological polar surface area (TPSA) is 70.5 Å². The van der Waals surface area contributed by atoms with Crippen LogP contribution >= 0.6 is 24.8 Å². The van der Waals surface area contributed by atoms with Gasteiger partial charge in [0.05, 0.1) is 5.69 Å². The van der Waals surface area contributed by atoms with Gasteiger partial charge in [0.25, 0.3) is 0 Å². The van der Waals surface area contributed by atoms with Crippen LogP contribution in [0.5, 0.6) is 0 Å². The van der Waals surface area contributed by atoms with Gasteiger partial charge in [-0.1, -0.05) is 34.1 Å². The van der Waals surface area contributed by atoms with Gasteiger partial charge in [0.1, 0.15) is 11.6 Å². The number of hydrogen-bond acceptors (Lipinski definition) is 4. The Morgan fingerprint density at radius 3 is 2.26 bits per heavy atom. The van der Waals surface area contributed by atoms with Crippen LogP contribution in [0.4, 0.5) is 0 Å². The van der Waals surface area contributed by atoms with E-state index in [1.807, 2.05) is 4.90 Å². The van der Waals surface area contributed by atoms with Crippen molar-refractivity contribution in [3.8, 4) is 0 Å². The van der Waals surface area contributed by atoms with E-state index in [1.54, 1.807) is 0 Å². The van der Waals surface area contributed by atoms with Gasteiger partial charge in [0, 0.05) is 44.0 Å². The van der Waals surface area contributed by atoms with Crippen molar-refractivity contribution in [1.29, 1.82) is 0 Å². The molecular formula is C25H45Cl2N5O2. The maximum atomic E-state index is 13.4. The predicted octanol–water partition coefficient (Wildman–Crippen LogP) is 4.26. The largest absolute Gasteiger partial charge is 0.342 e. The molecule has 3 rings (SSSR count). The van der Waals surface area contributed by atoms with Crippen molar-refractivity contribution in [2.75, 3.05) is 19.6 Å². The zero-order valence-corrected chi connectivity index (χ0v) is 23.5. The summed E-state index contributed by atoms with van der Waals surface area (Å²) in [4.78, 5) is 31.2. The summed E-state index contributed by atoms with van der Waals surface area (Å²) in [5, 5.41) is 7.82. The van der Waals surface area contributed by atoms with Crippen molar-refractivity contribution in [2.24, 2.45) is 5.92 Å². The molecule has 2 aliphatic rings. The number of nitrogens with zero attached hydrogens (tertiary/aromatic N) is 4. The first kappa shape index (κ1) is 30.7. The van der Waals surface area contributed by atoms with Crippen molar-refractivity contribution in [1.82, 2.24) is 24.9 Å². The van der Waals surface area contributed by atoms with Crippen molar-refractivity contribution >= 4 is 36.6 Å². The zero-order valence-electron chi connectivity index (χ0n) is 21.9. The maximum absolute atomic E-state index is 13.4. The fourth-order valence-electron chi connectivity index (χ4n) is 5.34. The molecule has 1 N–H and O–H groups in total. The first-order chi connectivity index (χ1) is 15.2. The summed E-state index contributed by atoms with van der Waals surface area (Å²) >= 11 is 0. The van der Waals surface area contributed by atoms with Crippen LogP contribution in [-0.2, 0) is 22.7 Å². The third-order valence-electron chi connectivity index (χ3n) is 7.28. The fourth-order valence-corrected chi connectivity index (χ4v) is 5.34. The van der Waals surface area contributed by atoms with E-state index >= 15 is 0 Å². The lowest BCUT2D eigenvalue weighted by atomic mass is 9.80. The predicted molar refractivity (Wildman–Crippen MR) is 142 cm³/mol. The number of nitrogens with one attached hydrogen (secondary N) is 1. The Morgan fingerprint density at radius 2 is 1.71 bits per heavy atom. The van der Waals surface area contributed by atoms with Gasteiger partial charge in [-0.05, 0) is 51.9 Å². The summed E-state index contributed by atoms with van der Waals surface area (Å²) < 4.78 is 2.12. The van der Waals surface area contributed by atoms with Gasteiger partial charge in [0.2, 0.25) is 11.8 Å². The van der Waals surface area contributed by atoms with Crippen LogP contribution in [0.2, 0.25) is 0 Å². The van der Waals surface area contributed by atoms with E-state index in [0.717, 1.165) is 51.1 Å². The minimum atomic E-state index is -0.688. The Hall–Kier alpha value is -1.31. The number of rotatable bonds is 9. The molecule has 7 nitrogen and oxygen atoms in total. The summed E-state index contributed by atoms with van der Waals surface area (Å²) in [6.45, 7) is 16.9. The van der Waals surface area contributed by atoms with Crippen molar-refractivity contribution < 1.29 is 9.59 Å². The number of carbonyl (C=O) groups is 2. The van der Waals surface area contributed by atoms with Crippen LogP contribution < -0.4 is 5.32 Å². The molecule has 2 fully saturated rings. The summed E-state index contributed by atoms with van der Waals surface area (Å²) in [5.41, 5.74) is 2.96. The maximum Gasteiger partial charge on any atom is 0.246 e. The Kier molecular flexibility index (Phi) is 11.9. The number of likely N-dealkylation sites (tertiary alicyclic amines) is 1. The van der Waals surface area contributed by atoms with Crippen molar-refractivity contribution in [2.45, 2.75) is 105 Å². The Morgan fingerprint density at radius 1 is 1.06 bits per heavy atom. The molecule has 2 aliphatic heterocycles. The molecule has 1 aromatic heterocycles. The van der Waals surface area contributed by atoms with E-state index in [9.17, 15) is 9.59 Å². The van der Waals surface area contributed by atoms with Gasteiger partial charge < -0.3 is 10.2 Å². The highest BCUT2D eigenvalue weighted by molar-refractivity contribution is 6.00. The highest BCUT2D eigenvalue weighted by Crippen LogP contribution is 2.35. The first-order valence-electron chi connectivity index (χ1n) is 12.6. The van der Waals surface area contributed by atoms with Gasteiger partial charge in [0.15, 0.2) is 0 Å². The number of unbranched alkanes of at least 4 members (excludes halogenated alkanes) is 1. The van der Waals surface area contributed by atoms with Crippen LogP contribution in [-0.4, -0.2) is 62.6 Å². The molecule has 0 saturated carbocycles. The van der Waals surface area contributed by atoms with E-state index in [-0.39, 0.29) is 42.7 Å². The third-order valence-corrected chi connectivity index (χ3v) is 7.28. The van der Waals surface area contributed by atoms with Gasteiger partial charge in [-0.25, -0.2) is 0 Å². The first-order valence-corrected chi connectivity index (χ1v) is 12.6. The van der Waals surface area contributed by atoms with E-state index in [2.05, 4.69) is 56.4 Å². The van der Waals surface area contributed by atoms with Crippen LogP contribution in [0.25, 0.3) is 0 Å². The lowest BCUT2D eigenvalue weighted by molar-refractivity contribution is -0.161. The molecule has 196 valence electrons. The van der Waals surface area contributed by atoms with Crippen molar-refractivity contribution in [3.05, 3.63) is 17.0 Å². The number of piperazine rings is 1. The van der Waals surface area contributed by atoms with Crippen LogP contribution in [0.15, 0.2) is 0 Å². The molecule has 2 saturated heterocycles. The minimum Gasteiger partial charge on any atom is -0.342 e. The van der Waals surface area contributed by atoms with E-state index in [1.165, 1.54) is 11.3 Å². The van der Waals surface area contributed by atoms with Crippen LogP contribution in [0.3, 0.4) is 0 Å². The lowest BCUT2D eigenvalue weighted by Crippen LogP contribution is -2.73. The molecule has 0 aromatic carbocycles. The average molecular weight is 519 g/mol. The summed E-state index contributed by atoms with van der Waals surface area (Å²) in [6, 6.07) is -0.377. The van der Waals surface area contributed by atoms with Gasteiger partial charge >= 0.3 is 0 Å². The average Bonchev–Trinajstić information content (AvgIpc) is 3.01. The summed E-state index contributed by atoms with van der Waals surface area (Å²) in [7, 11) is 0. The molecule has 1 aromatic rings. The highest BCUT2D eigenvalue weighted by Gasteiger charge is 2.53. The Labute approximate surface area is 218 Å². The number of aryl methyl sites for hydroxylation is 2. The van der Waals surface area contributed by atoms with E-state index in [0.29, 0.717) is 31.7 Å². The number of halogens is 2. The van der Waals surface area contributed by atoms with E-state index < -0.39 is 5.54 Å². The second-order valence-electron chi connectivity index (χ2n) is 10.2. The molecule has 9 heteroatoms. The van der Waals surface area contributed by atoms with Crippen LogP contribution in [0.1, 0.15) is 83.2 Å². The molecule has 34 heavy (non-hydrogen) atoms. The second kappa shape index (κ2) is 13.1. The molecule has 1 atom stereocenters. The van der Waals surface area contributed by atoms with Gasteiger partial charge in [-0.2, -0.15) is 5.10 Å². The Bertz CT molecular complexity index is 818. The van der Waals surface area contributed by atoms with Gasteiger partial charge in [-0.3, -0.25) is 19.2 Å². The Balaban J connectivity index is 0.00000289. The minimum absolute atomic E-state index is 0. The standard InChI is InChI=1S/C25H43N5O2.2ClH/c1-7-9-13-29-23(31)22(16-18(3)4)26-24(32)25(29)10-14-28(15-11-25)17-21-19(5)27-30(12-8-2)20(21)6;;/h18,22H,7-17H2,1-6H3,(H,26,32);2*1H/t22-;;/m0../s1.